The molecule has 1 heterocycles. The van der Waals surface area contributed by atoms with E-state index in [4.69, 9.17) is 4.74 Å². The Hall–Kier alpha value is -4.34. The summed E-state index contributed by atoms with van der Waals surface area (Å²) in [5.41, 5.74) is 0.239. The van der Waals surface area contributed by atoms with E-state index in [9.17, 15) is 24.6 Å². The maximum atomic E-state index is 12.2. The molecular formula is C19H16N4O6. The van der Waals surface area contributed by atoms with Gasteiger partial charge in [0.1, 0.15) is 17.1 Å². The molecule has 0 radical (unpaired) electrons. The molecule has 10 heteroatoms. The Morgan fingerprint density at radius 3 is 2.66 bits per heavy atom. The number of hydrogen-bond acceptors (Lipinski definition) is 7. The van der Waals surface area contributed by atoms with E-state index in [0.717, 1.165) is 10.8 Å². The first-order valence-corrected chi connectivity index (χ1v) is 8.26. The standard InChI is InChI=1S/C19H16N4O6/c1-29-12-6-4-5-11(9-12)23-18(27)14(16(25)21-19(23)28)10-20-22-17(26)13-7-2-3-8-15(13)24/h2-10,24,27H,1H3,(H,22,26)(H,21,25,28)/b20-10+. The van der Waals surface area contributed by atoms with Crippen molar-refractivity contribution in [1.29, 1.82) is 0 Å². The van der Waals surface area contributed by atoms with Gasteiger partial charge >= 0.3 is 5.69 Å². The van der Waals surface area contributed by atoms with Crippen molar-refractivity contribution in [2.24, 2.45) is 5.10 Å². The number of carbonyl (C=O) groups excluding carboxylic acids is 1. The van der Waals surface area contributed by atoms with Gasteiger partial charge in [0.05, 0.1) is 24.6 Å². The molecule has 0 spiro atoms. The molecule has 0 aliphatic heterocycles. The van der Waals surface area contributed by atoms with E-state index >= 15 is 0 Å². The van der Waals surface area contributed by atoms with Gasteiger partial charge in [0.25, 0.3) is 11.5 Å². The Labute approximate surface area is 163 Å². The normalized spacial score (nSPS) is 10.8. The van der Waals surface area contributed by atoms with Crippen LogP contribution in [0.1, 0.15) is 15.9 Å². The summed E-state index contributed by atoms with van der Waals surface area (Å²) in [5, 5.41) is 23.7. The summed E-state index contributed by atoms with van der Waals surface area (Å²) in [7, 11) is 1.44. The molecule has 0 atom stereocenters. The van der Waals surface area contributed by atoms with Crippen molar-refractivity contribution in [2.45, 2.75) is 0 Å². The largest absolute Gasteiger partial charge is 0.507 e. The van der Waals surface area contributed by atoms with Crippen molar-refractivity contribution in [2.75, 3.05) is 7.11 Å². The second-order valence-electron chi connectivity index (χ2n) is 5.75. The lowest BCUT2D eigenvalue weighted by atomic mass is 10.2. The van der Waals surface area contributed by atoms with E-state index in [-0.39, 0.29) is 22.6 Å². The van der Waals surface area contributed by atoms with Crippen molar-refractivity contribution < 1.29 is 19.7 Å². The predicted molar refractivity (Wildman–Crippen MR) is 104 cm³/mol. The van der Waals surface area contributed by atoms with E-state index < -0.39 is 23.0 Å². The minimum atomic E-state index is -0.896. The van der Waals surface area contributed by atoms with Gasteiger partial charge in [-0.3, -0.25) is 14.6 Å². The van der Waals surface area contributed by atoms with Gasteiger partial charge in [-0.05, 0) is 24.3 Å². The number of amides is 1. The number of rotatable bonds is 5. The van der Waals surface area contributed by atoms with E-state index in [1.807, 2.05) is 0 Å². The molecule has 10 nitrogen and oxygen atoms in total. The summed E-state index contributed by atoms with van der Waals surface area (Å²) in [6.07, 6.45) is 0.891. The molecule has 0 bridgehead atoms. The Balaban J connectivity index is 1.95. The number of H-pyrrole nitrogens is 1. The van der Waals surface area contributed by atoms with Crippen LogP contribution in [0.25, 0.3) is 5.69 Å². The van der Waals surface area contributed by atoms with Crippen molar-refractivity contribution in [3.63, 3.8) is 0 Å². The quantitative estimate of drug-likeness (QED) is 0.369. The molecule has 1 aromatic heterocycles. The van der Waals surface area contributed by atoms with Crippen molar-refractivity contribution >= 4 is 12.1 Å². The Morgan fingerprint density at radius 2 is 1.93 bits per heavy atom. The number of nitrogens with zero attached hydrogens (tertiary/aromatic N) is 2. The van der Waals surface area contributed by atoms with Crippen LogP contribution in [0.5, 0.6) is 17.4 Å². The van der Waals surface area contributed by atoms with Crippen LogP contribution < -0.4 is 21.4 Å². The van der Waals surface area contributed by atoms with Crippen molar-refractivity contribution in [3.05, 3.63) is 80.5 Å². The third kappa shape index (κ3) is 4.00. The number of hydrazone groups is 1. The van der Waals surface area contributed by atoms with Gasteiger partial charge in [-0.25, -0.2) is 14.8 Å². The number of benzene rings is 2. The highest BCUT2D eigenvalue weighted by molar-refractivity contribution is 5.97. The molecule has 0 aliphatic rings. The SMILES string of the molecule is COc1cccc(-n2c(O)c(/C=N/NC(=O)c3ccccc3O)c(=O)[nH]c2=O)c1. The number of carbonyl (C=O) groups is 1. The number of phenolic OH excluding ortho intramolecular Hbond substituents is 1. The summed E-state index contributed by atoms with van der Waals surface area (Å²) in [6.45, 7) is 0. The average molecular weight is 396 g/mol. The fourth-order valence-electron chi connectivity index (χ4n) is 2.53. The Bertz CT molecular complexity index is 1210. The zero-order valence-electron chi connectivity index (χ0n) is 15.1. The first-order valence-electron chi connectivity index (χ1n) is 8.26. The monoisotopic (exact) mass is 396 g/mol. The number of methoxy groups -OCH3 is 1. The number of ether oxygens (including phenoxy) is 1. The molecule has 0 fully saturated rings. The summed E-state index contributed by atoms with van der Waals surface area (Å²) in [5.74, 6) is -1.21. The number of phenols is 1. The smallest absolute Gasteiger partial charge is 0.335 e. The van der Waals surface area contributed by atoms with E-state index in [1.54, 1.807) is 24.3 Å². The van der Waals surface area contributed by atoms with Gasteiger partial charge in [0, 0.05) is 6.07 Å². The molecule has 0 unspecified atom stereocenters. The van der Waals surface area contributed by atoms with E-state index in [0.29, 0.717) is 5.75 Å². The van der Waals surface area contributed by atoms with Crippen LogP contribution in [0, 0.1) is 0 Å². The lowest BCUT2D eigenvalue weighted by Gasteiger charge is -2.10. The number of hydrogen-bond donors (Lipinski definition) is 4. The van der Waals surface area contributed by atoms with Crippen LogP contribution in [0.15, 0.2) is 63.2 Å². The molecule has 4 N–H and O–H groups in total. The maximum absolute atomic E-state index is 12.2. The number of nitrogens with one attached hydrogen (secondary N) is 2. The third-order valence-electron chi connectivity index (χ3n) is 3.94. The number of aromatic nitrogens is 2. The van der Waals surface area contributed by atoms with Crippen LogP contribution in [-0.4, -0.2) is 39.0 Å². The average Bonchev–Trinajstić information content (AvgIpc) is 2.70. The lowest BCUT2D eigenvalue weighted by molar-refractivity contribution is 0.0952. The number of para-hydroxylation sites is 1. The molecule has 1 amide bonds. The van der Waals surface area contributed by atoms with Gasteiger partial charge in [0.15, 0.2) is 0 Å². The predicted octanol–water partition coefficient (Wildman–Crippen LogP) is 0.709. The van der Waals surface area contributed by atoms with Crippen molar-refractivity contribution in [1.82, 2.24) is 15.0 Å². The van der Waals surface area contributed by atoms with Crippen LogP contribution in [0.4, 0.5) is 0 Å². The highest BCUT2D eigenvalue weighted by Crippen LogP contribution is 2.20. The highest BCUT2D eigenvalue weighted by atomic mass is 16.5. The first kappa shape index (κ1) is 19.4. The molecular weight excluding hydrogens is 380 g/mol. The van der Waals surface area contributed by atoms with Gasteiger partial charge in [-0.1, -0.05) is 18.2 Å². The van der Waals surface area contributed by atoms with Crippen LogP contribution in [-0.2, 0) is 0 Å². The van der Waals surface area contributed by atoms with Crippen LogP contribution >= 0.6 is 0 Å². The van der Waals surface area contributed by atoms with E-state index in [2.05, 4.69) is 15.5 Å². The maximum Gasteiger partial charge on any atom is 0.335 e. The number of aromatic hydroxyl groups is 2. The summed E-state index contributed by atoms with van der Waals surface area (Å²) in [4.78, 5) is 38.4. The molecule has 148 valence electrons. The molecule has 3 rings (SSSR count). The second kappa shape index (κ2) is 8.13. The second-order valence-corrected chi connectivity index (χ2v) is 5.75. The zero-order chi connectivity index (χ0) is 21.0. The highest BCUT2D eigenvalue weighted by Gasteiger charge is 2.15. The topological polar surface area (TPSA) is 146 Å². The Kier molecular flexibility index (Phi) is 5.44. The fraction of sp³-hybridized carbons (Fsp3) is 0.0526. The molecule has 0 saturated heterocycles. The van der Waals surface area contributed by atoms with Gasteiger partial charge < -0.3 is 14.9 Å². The molecule has 0 saturated carbocycles. The van der Waals surface area contributed by atoms with Gasteiger partial charge in [-0.2, -0.15) is 5.10 Å². The minimum Gasteiger partial charge on any atom is -0.507 e. The van der Waals surface area contributed by atoms with Gasteiger partial charge in [-0.15, -0.1) is 0 Å². The van der Waals surface area contributed by atoms with Crippen LogP contribution in [0.2, 0.25) is 0 Å². The molecule has 0 aliphatic carbocycles. The minimum absolute atomic E-state index is 0.0240. The number of aromatic amines is 1. The van der Waals surface area contributed by atoms with Crippen LogP contribution in [0.3, 0.4) is 0 Å². The Morgan fingerprint density at radius 1 is 1.17 bits per heavy atom. The molecule has 29 heavy (non-hydrogen) atoms. The van der Waals surface area contributed by atoms with Crippen molar-refractivity contribution in [3.8, 4) is 23.1 Å². The summed E-state index contributed by atoms with van der Waals surface area (Å²) in [6, 6.07) is 12.1. The summed E-state index contributed by atoms with van der Waals surface area (Å²) < 4.78 is 5.95. The lowest BCUT2D eigenvalue weighted by Crippen LogP contribution is -2.31. The van der Waals surface area contributed by atoms with Gasteiger partial charge in [0.2, 0.25) is 5.88 Å². The summed E-state index contributed by atoms with van der Waals surface area (Å²) >= 11 is 0. The third-order valence-corrected chi connectivity index (χ3v) is 3.94. The first-order chi connectivity index (χ1) is 13.9. The zero-order valence-corrected chi connectivity index (χ0v) is 15.1. The fourth-order valence-corrected chi connectivity index (χ4v) is 2.53. The van der Waals surface area contributed by atoms with E-state index in [1.165, 1.54) is 31.4 Å². The molecule has 3 aromatic rings. The molecule has 2 aromatic carbocycles.